The second-order valence-electron chi connectivity index (χ2n) is 6.78. The van der Waals surface area contributed by atoms with Gasteiger partial charge >= 0.3 is 0 Å². The molecule has 1 aliphatic rings. The molecule has 1 aromatic carbocycles. The number of hydrogen-bond acceptors (Lipinski definition) is 2. The Labute approximate surface area is 149 Å². The third-order valence-corrected chi connectivity index (χ3v) is 5.14. The fraction of sp³-hybridized carbons (Fsp3) is 0.632. The van der Waals surface area contributed by atoms with Gasteiger partial charge in [0.25, 0.3) is 0 Å². The minimum atomic E-state index is 0.140. The quantitative estimate of drug-likeness (QED) is 0.685. The molecule has 0 fully saturated rings. The van der Waals surface area contributed by atoms with Gasteiger partial charge in [-0.1, -0.05) is 35.2 Å². The monoisotopic (exact) mass is 380 g/mol. The van der Waals surface area contributed by atoms with Gasteiger partial charge < -0.3 is 4.90 Å². The molecule has 0 radical (unpaired) electrons. The van der Waals surface area contributed by atoms with Gasteiger partial charge in [0.05, 0.1) is 0 Å². The molecule has 1 aliphatic heterocycles. The molecule has 1 heterocycles. The largest absolute Gasteiger partial charge is 0.312 e. The van der Waals surface area contributed by atoms with E-state index in [1.807, 2.05) is 11.0 Å². The van der Waals surface area contributed by atoms with Crippen LogP contribution >= 0.6 is 15.9 Å². The van der Waals surface area contributed by atoms with Crippen molar-refractivity contribution in [3.63, 3.8) is 0 Å². The van der Waals surface area contributed by atoms with Crippen molar-refractivity contribution in [2.75, 3.05) is 18.0 Å². The molecular weight excluding hydrogens is 352 g/mol. The molecule has 0 unspecified atom stereocenters. The number of hydrogen-bond donors (Lipinski definition) is 0. The van der Waals surface area contributed by atoms with E-state index >= 15 is 0 Å². The lowest BCUT2D eigenvalue weighted by Crippen LogP contribution is -2.34. The Morgan fingerprint density at radius 2 is 1.74 bits per heavy atom. The summed E-state index contributed by atoms with van der Waals surface area (Å²) in [5.41, 5.74) is 2.32. The summed E-state index contributed by atoms with van der Waals surface area (Å²) in [6.45, 7) is 9.04. The molecular formula is C19H29BrN2O. The van der Waals surface area contributed by atoms with Crippen molar-refractivity contribution in [1.82, 2.24) is 4.90 Å². The number of benzene rings is 1. The van der Waals surface area contributed by atoms with Gasteiger partial charge in [0, 0.05) is 36.2 Å². The average molecular weight is 381 g/mol. The van der Waals surface area contributed by atoms with Crippen LogP contribution in [0, 0.1) is 0 Å². The smallest absolute Gasteiger partial charge is 0.223 e. The second kappa shape index (κ2) is 8.84. The van der Waals surface area contributed by atoms with Crippen LogP contribution in [-0.4, -0.2) is 29.9 Å². The molecule has 0 saturated heterocycles. The summed E-state index contributed by atoms with van der Waals surface area (Å²) in [5.74, 6) is 0.140. The van der Waals surface area contributed by atoms with Crippen molar-refractivity contribution >= 4 is 27.5 Å². The van der Waals surface area contributed by atoms with E-state index < -0.39 is 0 Å². The SMILES string of the molecule is CC(=O)N1CCCCCCCN(C(C)C)Cc2cc(Br)ccc21. The molecule has 2 rings (SSSR count). The van der Waals surface area contributed by atoms with Gasteiger partial charge in [-0.2, -0.15) is 0 Å². The van der Waals surface area contributed by atoms with Gasteiger partial charge in [0.15, 0.2) is 0 Å². The van der Waals surface area contributed by atoms with Gasteiger partial charge in [-0.3, -0.25) is 9.69 Å². The highest BCUT2D eigenvalue weighted by atomic mass is 79.9. The maximum absolute atomic E-state index is 12.2. The first-order valence-corrected chi connectivity index (χ1v) is 9.59. The number of amides is 1. The molecule has 128 valence electrons. The van der Waals surface area contributed by atoms with Crippen LogP contribution in [-0.2, 0) is 11.3 Å². The molecule has 1 aromatic rings. The Bertz CT molecular complexity index is 530. The first-order valence-electron chi connectivity index (χ1n) is 8.79. The molecule has 0 bridgehead atoms. The molecule has 0 aromatic heterocycles. The Kier molecular flexibility index (Phi) is 7.09. The van der Waals surface area contributed by atoms with Crippen LogP contribution in [0.25, 0.3) is 0 Å². The van der Waals surface area contributed by atoms with E-state index in [2.05, 4.69) is 46.8 Å². The zero-order chi connectivity index (χ0) is 16.8. The lowest BCUT2D eigenvalue weighted by atomic mass is 10.1. The lowest BCUT2D eigenvalue weighted by Gasteiger charge is -2.31. The van der Waals surface area contributed by atoms with Crippen LogP contribution in [0.5, 0.6) is 0 Å². The molecule has 0 atom stereocenters. The normalized spacial score (nSPS) is 18.2. The lowest BCUT2D eigenvalue weighted by molar-refractivity contribution is -0.116. The first-order chi connectivity index (χ1) is 11.0. The zero-order valence-corrected chi connectivity index (χ0v) is 16.2. The van der Waals surface area contributed by atoms with E-state index in [0.29, 0.717) is 6.04 Å². The van der Waals surface area contributed by atoms with Gasteiger partial charge in [-0.25, -0.2) is 0 Å². The summed E-state index contributed by atoms with van der Waals surface area (Å²) in [4.78, 5) is 16.7. The number of rotatable bonds is 1. The highest BCUT2D eigenvalue weighted by Gasteiger charge is 2.19. The summed E-state index contributed by atoms with van der Waals surface area (Å²) in [6.07, 6.45) is 6.11. The Morgan fingerprint density at radius 3 is 2.39 bits per heavy atom. The fourth-order valence-corrected chi connectivity index (χ4v) is 3.65. The molecule has 0 aliphatic carbocycles. The van der Waals surface area contributed by atoms with Crippen molar-refractivity contribution in [3.05, 3.63) is 28.2 Å². The van der Waals surface area contributed by atoms with Gasteiger partial charge in [0.2, 0.25) is 5.91 Å². The third-order valence-electron chi connectivity index (χ3n) is 4.64. The van der Waals surface area contributed by atoms with Crippen molar-refractivity contribution in [2.24, 2.45) is 0 Å². The molecule has 3 nitrogen and oxygen atoms in total. The highest BCUT2D eigenvalue weighted by molar-refractivity contribution is 9.10. The van der Waals surface area contributed by atoms with E-state index in [1.54, 1.807) is 6.92 Å². The van der Waals surface area contributed by atoms with Crippen LogP contribution < -0.4 is 4.90 Å². The van der Waals surface area contributed by atoms with Gasteiger partial charge in [-0.05, 0) is 57.0 Å². The summed E-state index contributed by atoms with van der Waals surface area (Å²) < 4.78 is 1.08. The van der Waals surface area contributed by atoms with Crippen molar-refractivity contribution in [1.29, 1.82) is 0 Å². The zero-order valence-electron chi connectivity index (χ0n) is 14.6. The Hall–Kier alpha value is -0.870. The summed E-state index contributed by atoms with van der Waals surface area (Å²) in [7, 11) is 0. The Morgan fingerprint density at radius 1 is 1.09 bits per heavy atom. The molecule has 0 spiro atoms. The molecule has 4 heteroatoms. The topological polar surface area (TPSA) is 23.6 Å². The number of carbonyl (C=O) groups is 1. The van der Waals surface area contributed by atoms with Gasteiger partial charge in [0.1, 0.15) is 0 Å². The van der Waals surface area contributed by atoms with Crippen LogP contribution in [0.4, 0.5) is 5.69 Å². The number of halogens is 1. The molecule has 23 heavy (non-hydrogen) atoms. The fourth-order valence-electron chi connectivity index (χ4n) is 3.25. The maximum atomic E-state index is 12.2. The van der Waals surface area contributed by atoms with E-state index in [9.17, 15) is 4.79 Å². The maximum Gasteiger partial charge on any atom is 0.223 e. The van der Waals surface area contributed by atoms with Crippen LogP contribution in [0.15, 0.2) is 22.7 Å². The number of fused-ring (bicyclic) bond motifs is 1. The highest BCUT2D eigenvalue weighted by Crippen LogP contribution is 2.28. The van der Waals surface area contributed by atoms with Crippen LogP contribution in [0.1, 0.15) is 58.4 Å². The minimum absolute atomic E-state index is 0.140. The van der Waals surface area contributed by atoms with E-state index in [-0.39, 0.29) is 5.91 Å². The first kappa shape index (κ1) is 18.5. The number of carbonyl (C=O) groups excluding carboxylic acids is 1. The van der Waals surface area contributed by atoms with Crippen LogP contribution in [0.2, 0.25) is 0 Å². The van der Waals surface area contributed by atoms with E-state index in [1.165, 1.54) is 31.2 Å². The molecule has 0 saturated carbocycles. The van der Waals surface area contributed by atoms with Crippen molar-refractivity contribution in [3.8, 4) is 0 Å². The third kappa shape index (κ3) is 5.32. The van der Waals surface area contributed by atoms with Crippen LogP contribution in [0.3, 0.4) is 0 Å². The predicted molar refractivity (Wildman–Crippen MR) is 101 cm³/mol. The summed E-state index contributed by atoms with van der Waals surface area (Å²) >= 11 is 3.59. The second-order valence-corrected chi connectivity index (χ2v) is 7.69. The van der Waals surface area contributed by atoms with Crippen molar-refractivity contribution < 1.29 is 4.79 Å². The predicted octanol–water partition coefficient (Wildman–Crippen LogP) is 4.98. The van der Waals surface area contributed by atoms with Gasteiger partial charge in [-0.15, -0.1) is 0 Å². The van der Waals surface area contributed by atoms with Crippen molar-refractivity contribution in [2.45, 2.75) is 65.5 Å². The molecule has 1 amide bonds. The standard InChI is InChI=1S/C19H29BrN2O/c1-15(2)21-11-7-5-4-6-8-12-22(16(3)23)19-10-9-18(20)13-17(19)14-21/h9-10,13,15H,4-8,11-12,14H2,1-3H3. The molecule has 0 N–H and O–H groups in total. The summed E-state index contributed by atoms with van der Waals surface area (Å²) in [6, 6.07) is 6.81. The summed E-state index contributed by atoms with van der Waals surface area (Å²) in [5, 5.41) is 0. The van der Waals surface area contributed by atoms with E-state index in [4.69, 9.17) is 0 Å². The Balaban J connectivity index is 2.37. The average Bonchev–Trinajstić information content (AvgIpc) is 2.47. The van der Waals surface area contributed by atoms with E-state index in [0.717, 1.165) is 36.2 Å². The number of nitrogens with zero attached hydrogens (tertiary/aromatic N) is 2. The number of anilines is 1. The minimum Gasteiger partial charge on any atom is -0.312 e.